The van der Waals surface area contributed by atoms with Gasteiger partial charge in [0.25, 0.3) is 0 Å². The normalized spacial score (nSPS) is 24.2. The van der Waals surface area contributed by atoms with Crippen LogP contribution in [0.4, 0.5) is 0 Å². The number of allylic oxidation sites excluding steroid dienone is 3. The Morgan fingerprint density at radius 3 is 2.23 bits per heavy atom. The molecule has 0 radical (unpaired) electrons. The van der Waals surface area contributed by atoms with Gasteiger partial charge in [0, 0.05) is 5.41 Å². The molecule has 0 amide bonds. The van der Waals surface area contributed by atoms with E-state index in [0.29, 0.717) is 10.5 Å². The Morgan fingerprint density at radius 1 is 1.38 bits per heavy atom. The van der Waals surface area contributed by atoms with E-state index < -0.39 is 9.84 Å². The molecule has 1 aliphatic rings. The molecule has 3 heteroatoms. The van der Waals surface area contributed by atoms with E-state index in [1.807, 2.05) is 20.8 Å². The van der Waals surface area contributed by atoms with Gasteiger partial charge in [0.15, 0.2) is 9.84 Å². The lowest BCUT2D eigenvalue weighted by molar-refractivity contribution is 0.541. The van der Waals surface area contributed by atoms with E-state index in [1.54, 1.807) is 6.08 Å². The molecule has 0 spiro atoms. The Kier molecular flexibility index (Phi) is 2.24. The van der Waals surface area contributed by atoms with Gasteiger partial charge in [0.05, 0.1) is 4.91 Å². The van der Waals surface area contributed by atoms with Gasteiger partial charge in [-0.05, 0) is 17.1 Å². The summed E-state index contributed by atoms with van der Waals surface area (Å²) in [7, 11) is -3.19. The molecule has 1 aliphatic heterocycles. The fourth-order valence-electron chi connectivity index (χ4n) is 1.08. The van der Waals surface area contributed by atoms with E-state index in [1.165, 1.54) is 11.5 Å². The topological polar surface area (TPSA) is 34.1 Å². The average molecular weight is 198 g/mol. The zero-order valence-electron chi connectivity index (χ0n) is 8.16. The molecule has 13 heavy (non-hydrogen) atoms. The number of hydrogen-bond acceptors (Lipinski definition) is 2. The third-order valence-corrected chi connectivity index (χ3v) is 3.12. The van der Waals surface area contributed by atoms with Crippen molar-refractivity contribution in [2.45, 2.75) is 20.8 Å². The van der Waals surface area contributed by atoms with Crippen molar-refractivity contribution in [1.29, 1.82) is 0 Å². The summed E-state index contributed by atoms with van der Waals surface area (Å²) in [5, 5.41) is 1.20. The van der Waals surface area contributed by atoms with Crippen molar-refractivity contribution in [1.82, 2.24) is 0 Å². The van der Waals surface area contributed by atoms with Crippen molar-refractivity contribution in [3.05, 3.63) is 34.6 Å². The summed E-state index contributed by atoms with van der Waals surface area (Å²) >= 11 is 0. The van der Waals surface area contributed by atoms with Gasteiger partial charge in [0.1, 0.15) is 0 Å². The monoisotopic (exact) mass is 198 g/mol. The summed E-state index contributed by atoms with van der Waals surface area (Å²) in [4.78, 5) is 0.347. The van der Waals surface area contributed by atoms with Crippen molar-refractivity contribution in [3.63, 3.8) is 0 Å². The molecule has 0 saturated carbocycles. The maximum Gasteiger partial charge on any atom is 0.200 e. The Balaban J connectivity index is 3.22. The Labute approximate surface area is 79.6 Å². The van der Waals surface area contributed by atoms with Crippen LogP contribution in [0, 0.1) is 5.41 Å². The van der Waals surface area contributed by atoms with E-state index in [-0.39, 0.29) is 5.41 Å². The molecule has 72 valence electrons. The Morgan fingerprint density at radius 2 is 1.92 bits per heavy atom. The van der Waals surface area contributed by atoms with E-state index in [0.717, 1.165) is 0 Å². The van der Waals surface area contributed by atoms with Crippen molar-refractivity contribution in [2.75, 3.05) is 0 Å². The number of sulfone groups is 1. The summed E-state index contributed by atoms with van der Waals surface area (Å²) in [6.45, 7) is 9.56. The maximum atomic E-state index is 11.4. The molecule has 0 aromatic heterocycles. The van der Waals surface area contributed by atoms with Crippen molar-refractivity contribution < 1.29 is 8.42 Å². The lowest BCUT2D eigenvalue weighted by atomic mass is 9.95. The van der Waals surface area contributed by atoms with Crippen LogP contribution in [0.1, 0.15) is 20.8 Å². The highest BCUT2D eigenvalue weighted by atomic mass is 32.2. The van der Waals surface area contributed by atoms with Crippen LogP contribution >= 0.6 is 0 Å². The molecule has 0 saturated heterocycles. The second-order valence-electron chi connectivity index (χ2n) is 4.25. The SMILES string of the molecule is C=C1C=CS(=O)(=O)/C1=C\C(C)(C)C. The molecule has 0 fully saturated rings. The van der Waals surface area contributed by atoms with Gasteiger partial charge in [0.2, 0.25) is 0 Å². The third kappa shape index (κ3) is 2.31. The van der Waals surface area contributed by atoms with Gasteiger partial charge < -0.3 is 0 Å². The van der Waals surface area contributed by atoms with Crippen molar-refractivity contribution >= 4 is 9.84 Å². The summed E-state index contributed by atoms with van der Waals surface area (Å²) in [5.74, 6) is 0. The number of hydrogen-bond donors (Lipinski definition) is 0. The standard InChI is InChI=1S/C10H14O2S/c1-8-5-6-13(11,12)9(8)7-10(2,3)4/h5-7H,1H2,2-4H3/b9-7-. The summed E-state index contributed by atoms with van der Waals surface area (Å²) < 4.78 is 22.9. The quantitative estimate of drug-likeness (QED) is 0.599. The molecule has 0 unspecified atom stereocenters. The van der Waals surface area contributed by atoms with Crippen LogP contribution in [0.3, 0.4) is 0 Å². The smallest absolute Gasteiger partial charge is 0.200 e. The molecule has 0 atom stereocenters. The van der Waals surface area contributed by atoms with Crippen LogP contribution in [0.2, 0.25) is 0 Å². The molecule has 0 aromatic rings. The molecule has 1 rings (SSSR count). The van der Waals surface area contributed by atoms with Crippen LogP contribution < -0.4 is 0 Å². The van der Waals surface area contributed by atoms with Gasteiger partial charge in [-0.3, -0.25) is 0 Å². The van der Waals surface area contributed by atoms with Gasteiger partial charge >= 0.3 is 0 Å². The van der Waals surface area contributed by atoms with Gasteiger partial charge in [-0.25, -0.2) is 8.42 Å². The van der Waals surface area contributed by atoms with Crippen LogP contribution in [0.25, 0.3) is 0 Å². The minimum absolute atomic E-state index is 0.142. The molecular formula is C10H14O2S. The zero-order chi connectivity index (χ0) is 10.3. The average Bonchev–Trinajstić information content (AvgIpc) is 2.13. The van der Waals surface area contributed by atoms with Crippen LogP contribution in [-0.2, 0) is 9.84 Å². The molecular weight excluding hydrogens is 184 g/mol. The first kappa shape index (κ1) is 10.3. The first-order chi connectivity index (χ1) is 5.72. The van der Waals surface area contributed by atoms with E-state index in [9.17, 15) is 8.42 Å². The van der Waals surface area contributed by atoms with Gasteiger partial charge in [-0.1, -0.05) is 33.4 Å². The summed E-state index contributed by atoms with van der Waals surface area (Å²) in [6.07, 6.45) is 3.28. The second kappa shape index (κ2) is 2.84. The second-order valence-corrected chi connectivity index (χ2v) is 6.05. The van der Waals surface area contributed by atoms with E-state index >= 15 is 0 Å². The number of rotatable bonds is 0. The maximum absolute atomic E-state index is 11.4. The highest BCUT2D eigenvalue weighted by Crippen LogP contribution is 2.30. The van der Waals surface area contributed by atoms with Crippen molar-refractivity contribution in [3.8, 4) is 0 Å². The minimum atomic E-state index is -3.19. The van der Waals surface area contributed by atoms with Crippen molar-refractivity contribution in [2.24, 2.45) is 5.41 Å². The molecule has 0 bridgehead atoms. The molecule has 1 heterocycles. The van der Waals surface area contributed by atoms with Gasteiger partial charge in [-0.2, -0.15) is 0 Å². The fourth-order valence-corrected chi connectivity index (χ4v) is 2.52. The molecule has 2 nitrogen and oxygen atoms in total. The Bertz CT molecular complexity index is 389. The van der Waals surface area contributed by atoms with E-state index in [2.05, 4.69) is 6.58 Å². The molecule has 0 N–H and O–H groups in total. The third-order valence-electron chi connectivity index (χ3n) is 1.64. The largest absolute Gasteiger partial charge is 0.219 e. The highest BCUT2D eigenvalue weighted by Gasteiger charge is 2.24. The first-order valence-electron chi connectivity index (χ1n) is 4.08. The van der Waals surface area contributed by atoms with Crippen LogP contribution in [0.5, 0.6) is 0 Å². The van der Waals surface area contributed by atoms with Crippen LogP contribution in [-0.4, -0.2) is 8.42 Å². The lowest BCUT2D eigenvalue weighted by Crippen LogP contribution is -2.05. The highest BCUT2D eigenvalue weighted by molar-refractivity contribution is 7.98. The predicted molar refractivity (Wildman–Crippen MR) is 54.7 cm³/mol. The van der Waals surface area contributed by atoms with E-state index in [4.69, 9.17) is 0 Å². The molecule has 0 aromatic carbocycles. The summed E-state index contributed by atoms with van der Waals surface area (Å²) in [5.41, 5.74) is 0.437. The molecule has 0 aliphatic carbocycles. The Hall–Kier alpha value is -0.830. The first-order valence-corrected chi connectivity index (χ1v) is 5.62. The van der Waals surface area contributed by atoms with Gasteiger partial charge in [-0.15, -0.1) is 0 Å². The zero-order valence-corrected chi connectivity index (χ0v) is 8.98. The minimum Gasteiger partial charge on any atom is -0.219 e. The predicted octanol–water partition coefficient (Wildman–Crippen LogP) is 2.41. The fraction of sp³-hybridized carbons (Fsp3) is 0.400. The summed E-state index contributed by atoms with van der Waals surface area (Å²) in [6, 6.07) is 0. The lowest BCUT2D eigenvalue weighted by Gasteiger charge is -2.13. The van der Waals surface area contributed by atoms with Crippen LogP contribution in [0.15, 0.2) is 34.6 Å².